The summed E-state index contributed by atoms with van der Waals surface area (Å²) in [5.74, 6) is -1.34. The highest BCUT2D eigenvalue weighted by Gasteiger charge is 2.11. The van der Waals surface area contributed by atoms with Crippen LogP contribution in [-0.2, 0) is 19.1 Å². The van der Waals surface area contributed by atoms with E-state index in [0.717, 1.165) is 37.2 Å². The van der Waals surface area contributed by atoms with Gasteiger partial charge in [-0.1, -0.05) is 25.3 Å². The fraction of sp³-hybridized carbons (Fsp3) is 0. The zero-order valence-corrected chi connectivity index (χ0v) is 14.1. The molecule has 0 aromatic heterocycles. The number of hydrogen-bond acceptors (Lipinski definition) is 6. The van der Waals surface area contributed by atoms with Crippen molar-refractivity contribution in [2.24, 2.45) is 0 Å². The molecule has 0 saturated heterocycles. The lowest BCUT2D eigenvalue weighted by atomic mass is 10.1. The van der Waals surface area contributed by atoms with Crippen molar-refractivity contribution >= 4 is 22.7 Å². The quantitative estimate of drug-likeness (QED) is 0.395. The number of ether oxygens (including phenoxy) is 4. The molecule has 0 spiro atoms. The van der Waals surface area contributed by atoms with Crippen LogP contribution in [0.1, 0.15) is 0 Å². The zero-order chi connectivity index (χ0) is 19.6. The predicted octanol–water partition coefficient (Wildman–Crippen LogP) is 4.14. The van der Waals surface area contributed by atoms with E-state index in [1.54, 1.807) is 12.1 Å². The molecule has 0 aliphatic heterocycles. The molecule has 0 fully saturated rings. The van der Waals surface area contributed by atoms with Crippen molar-refractivity contribution in [3.63, 3.8) is 0 Å². The standard InChI is InChI=1S/C20H15FO6/c1-3-18(22)26-12-10-24-16-9-8-15(21)20-14(16)6-5-7-17(20)25-11-13-27-19(23)4-2/h3-13H,1-2H2/b12-10-,13-11-. The molecule has 0 bridgehead atoms. The Labute approximate surface area is 154 Å². The molecule has 138 valence electrons. The van der Waals surface area contributed by atoms with E-state index in [2.05, 4.69) is 22.6 Å². The first-order valence-electron chi connectivity index (χ1n) is 7.57. The number of benzene rings is 2. The molecule has 0 unspecified atom stereocenters. The number of halogens is 1. The molecule has 0 N–H and O–H groups in total. The summed E-state index contributed by atoms with van der Waals surface area (Å²) in [6.45, 7) is 6.51. The van der Waals surface area contributed by atoms with Gasteiger partial charge in [0, 0.05) is 17.5 Å². The van der Waals surface area contributed by atoms with Gasteiger partial charge in [0.2, 0.25) is 0 Å². The number of rotatable bonds is 8. The smallest absolute Gasteiger partial charge is 0.335 e. The molecule has 0 amide bonds. The summed E-state index contributed by atoms with van der Waals surface area (Å²) in [5, 5.41) is 0.579. The lowest BCUT2D eigenvalue weighted by Gasteiger charge is -2.10. The van der Waals surface area contributed by atoms with Crippen LogP contribution in [0.5, 0.6) is 11.5 Å². The Kier molecular flexibility index (Phi) is 6.90. The van der Waals surface area contributed by atoms with Crippen LogP contribution in [0, 0.1) is 5.82 Å². The van der Waals surface area contributed by atoms with Gasteiger partial charge in [-0.25, -0.2) is 14.0 Å². The first-order valence-corrected chi connectivity index (χ1v) is 7.57. The maximum atomic E-state index is 14.3. The van der Waals surface area contributed by atoms with E-state index < -0.39 is 17.8 Å². The minimum absolute atomic E-state index is 0.159. The third-order valence-corrected chi connectivity index (χ3v) is 3.11. The minimum atomic E-state index is -0.654. The molecule has 7 heteroatoms. The van der Waals surface area contributed by atoms with E-state index in [-0.39, 0.29) is 11.1 Å². The van der Waals surface area contributed by atoms with Gasteiger partial charge in [-0.15, -0.1) is 0 Å². The van der Waals surface area contributed by atoms with Crippen LogP contribution in [0.15, 0.2) is 80.7 Å². The first kappa shape index (κ1) is 19.5. The highest BCUT2D eigenvalue weighted by Crippen LogP contribution is 2.34. The van der Waals surface area contributed by atoms with Gasteiger partial charge in [-0.05, 0) is 18.2 Å². The van der Waals surface area contributed by atoms with Gasteiger partial charge in [0.25, 0.3) is 0 Å². The number of carbonyl (C=O) groups excluding carboxylic acids is 2. The summed E-state index contributed by atoms with van der Waals surface area (Å²) >= 11 is 0. The minimum Gasteiger partial charge on any atom is -0.461 e. The van der Waals surface area contributed by atoms with Crippen LogP contribution in [0.3, 0.4) is 0 Å². The molecule has 0 aliphatic carbocycles. The van der Waals surface area contributed by atoms with Crippen molar-refractivity contribution < 1.29 is 32.9 Å². The third-order valence-electron chi connectivity index (χ3n) is 3.11. The molecule has 27 heavy (non-hydrogen) atoms. The van der Waals surface area contributed by atoms with Crippen molar-refractivity contribution in [3.05, 3.63) is 86.5 Å². The zero-order valence-electron chi connectivity index (χ0n) is 14.1. The van der Waals surface area contributed by atoms with Gasteiger partial charge in [0.15, 0.2) is 0 Å². The number of hydrogen-bond donors (Lipinski definition) is 0. The van der Waals surface area contributed by atoms with E-state index in [9.17, 15) is 14.0 Å². The molecule has 0 saturated carbocycles. The van der Waals surface area contributed by atoms with Crippen molar-refractivity contribution in [3.8, 4) is 11.5 Å². The monoisotopic (exact) mass is 370 g/mol. The topological polar surface area (TPSA) is 71.1 Å². The predicted molar refractivity (Wildman–Crippen MR) is 96.0 cm³/mol. The second-order valence-electron chi connectivity index (χ2n) is 4.79. The van der Waals surface area contributed by atoms with Crippen molar-refractivity contribution in [2.75, 3.05) is 0 Å². The third kappa shape index (κ3) is 5.30. The lowest BCUT2D eigenvalue weighted by Crippen LogP contribution is -1.95. The SMILES string of the molecule is C=CC(=O)O/C=C\Oc1ccc(F)c2c(O/C=C\OC(=O)C=C)cccc12. The fourth-order valence-corrected chi connectivity index (χ4v) is 1.99. The molecule has 2 rings (SSSR count). The molecule has 0 radical (unpaired) electrons. The summed E-state index contributed by atoms with van der Waals surface area (Å²) < 4.78 is 34.3. The molecule has 0 atom stereocenters. The Hall–Kier alpha value is -3.87. The highest BCUT2D eigenvalue weighted by atomic mass is 19.1. The summed E-state index contributed by atoms with van der Waals surface area (Å²) in [5.41, 5.74) is 0. The fourth-order valence-electron chi connectivity index (χ4n) is 1.99. The van der Waals surface area contributed by atoms with Crippen LogP contribution >= 0.6 is 0 Å². The maximum Gasteiger partial charge on any atom is 0.335 e. The van der Waals surface area contributed by atoms with Gasteiger partial charge >= 0.3 is 11.9 Å². The van der Waals surface area contributed by atoms with E-state index in [0.29, 0.717) is 11.1 Å². The molecule has 6 nitrogen and oxygen atoms in total. The average molecular weight is 370 g/mol. The summed E-state index contributed by atoms with van der Waals surface area (Å²) in [6, 6.07) is 7.43. The maximum absolute atomic E-state index is 14.3. The van der Waals surface area contributed by atoms with Gasteiger partial charge in [-0.2, -0.15) is 0 Å². The summed E-state index contributed by atoms with van der Waals surface area (Å²) in [4.78, 5) is 21.9. The molecule has 2 aromatic rings. The second kappa shape index (κ2) is 9.57. The van der Waals surface area contributed by atoms with Crippen molar-refractivity contribution in [2.45, 2.75) is 0 Å². The van der Waals surface area contributed by atoms with Crippen LogP contribution in [0.4, 0.5) is 4.39 Å². The molecule has 0 heterocycles. The van der Waals surface area contributed by atoms with E-state index in [1.165, 1.54) is 18.2 Å². The highest BCUT2D eigenvalue weighted by molar-refractivity contribution is 5.93. The van der Waals surface area contributed by atoms with Crippen LogP contribution in [0.2, 0.25) is 0 Å². The van der Waals surface area contributed by atoms with Gasteiger partial charge < -0.3 is 18.9 Å². The number of fused-ring (bicyclic) bond motifs is 1. The van der Waals surface area contributed by atoms with Gasteiger partial charge in [0.05, 0.1) is 5.39 Å². The molecule has 0 aliphatic rings. The molecular formula is C20H15FO6. The van der Waals surface area contributed by atoms with Crippen LogP contribution in [-0.4, -0.2) is 11.9 Å². The van der Waals surface area contributed by atoms with Crippen LogP contribution in [0.25, 0.3) is 10.8 Å². The summed E-state index contributed by atoms with van der Waals surface area (Å²) in [6.07, 6.45) is 6.27. The lowest BCUT2D eigenvalue weighted by molar-refractivity contribution is -0.133. The molecule has 2 aromatic carbocycles. The Balaban J connectivity index is 2.23. The van der Waals surface area contributed by atoms with E-state index in [4.69, 9.17) is 9.47 Å². The normalized spacial score (nSPS) is 10.7. The van der Waals surface area contributed by atoms with Crippen molar-refractivity contribution in [1.29, 1.82) is 0 Å². The molecular weight excluding hydrogens is 355 g/mol. The van der Waals surface area contributed by atoms with Gasteiger partial charge in [0.1, 0.15) is 42.4 Å². The number of esters is 2. The summed E-state index contributed by atoms with van der Waals surface area (Å²) in [7, 11) is 0. The second-order valence-corrected chi connectivity index (χ2v) is 4.79. The largest absolute Gasteiger partial charge is 0.461 e. The average Bonchev–Trinajstić information content (AvgIpc) is 2.69. The van der Waals surface area contributed by atoms with Gasteiger partial charge in [-0.3, -0.25) is 0 Å². The number of carbonyl (C=O) groups is 2. The Morgan fingerprint density at radius 1 is 0.815 bits per heavy atom. The Morgan fingerprint density at radius 2 is 1.41 bits per heavy atom. The van der Waals surface area contributed by atoms with Crippen LogP contribution < -0.4 is 9.47 Å². The Bertz CT molecular complexity index is 929. The first-order chi connectivity index (χ1) is 13.1. The van der Waals surface area contributed by atoms with Crippen molar-refractivity contribution in [1.82, 2.24) is 0 Å². The van der Waals surface area contributed by atoms with E-state index in [1.807, 2.05) is 0 Å². The van der Waals surface area contributed by atoms with E-state index >= 15 is 0 Å². The Morgan fingerprint density at radius 3 is 2.00 bits per heavy atom.